The first-order valence-electron chi connectivity index (χ1n) is 13.8. The Morgan fingerprint density at radius 2 is 1.90 bits per heavy atom. The van der Waals surface area contributed by atoms with Crippen LogP contribution in [-0.2, 0) is 22.5 Å². The Labute approximate surface area is 245 Å². The summed E-state index contributed by atoms with van der Waals surface area (Å²) in [5.74, 6) is 1.44. The number of nitrogens with zero attached hydrogens (tertiary/aromatic N) is 4. The van der Waals surface area contributed by atoms with E-state index in [1.54, 1.807) is 25.3 Å². The maximum absolute atomic E-state index is 14.0. The number of nitrogens with one attached hydrogen (secondary N) is 1. The van der Waals surface area contributed by atoms with Crippen LogP contribution in [0.1, 0.15) is 41.2 Å². The number of carbonyl (C=O) groups excluding carboxylic acids is 1. The minimum absolute atomic E-state index is 0.0544. The fourth-order valence-corrected chi connectivity index (χ4v) is 4.82. The molecule has 0 fully saturated rings. The number of hydrogen-bond donors (Lipinski definition) is 2. The van der Waals surface area contributed by atoms with E-state index in [1.165, 1.54) is 0 Å². The van der Waals surface area contributed by atoms with Gasteiger partial charge in [-0.3, -0.25) is 4.79 Å². The van der Waals surface area contributed by atoms with Gasteiger partial charge in [0, 0.05) is 36.5 Å². The largest absolute Gasteiger partial charge is 0.497 e. The number of aliphatic hydroxyl groups is 1. The molecule has 1 heterocycles. The predicted molar refractivity (Wildman–Crippen MR) is 161 cm³/mol. The summed E-state index contributed by atoms with van der Waals surface area (Å²) in [7, 11) is 1.62. The summed E-state index contributed by atoms with van der Waals surface area (Å²) in [4.78, 5) is 21.9. The van der Waals surface area contributed by atoms with Crippen LogP contribution in [0.5, 0.6) is 11.5 Å². The summed E-state index contributed by atoms with van der Waals surface area (Å²) in [6, 6.07) is 22.4. The Morgan fingerprint density at radius 3 is 2.60 bits per heavy atom. The molecule has 4 rings (SSSR count). The molecule has 3 aromatic carbocycles. The van der Waals surface area contributed by atoms with Gasteiger partial charge in [0.2, 0.25) is 5.90 Å². The van der Waals surface area contributed by atoms with E-state index < -0.39 is 11.6 Å². The lowest BCUT2D eigenvalue weighted by molar-refractivity contribution is -0.128. The number of rotatable bonds is 15. The molecular formula is C32H35N5O5. The minimum atomic E-state index is -1.35. The van der Waals surface area contributed by atoms with Crippen molar-refractivity contribution in [3.8, 4) is 11.5 Å². The molecule has 0 unspecified atom stereocenters. The molecular weight excluding hydrogens is 534 g/mol. The van der Waals surface area contributed by atoms with Crippen molar-refractivity contribution in [1.29, 1.82) is 0 Å². The highest BCUT2D eigenvalue weighted by Crippen LogP contribution is 2.44. The molecule has 1 aliphatic heterocycles. The van der Waals surface area contributed by atoms with Gasteiger partial charge in [-0.05, 0) is 65.0 Å². The summed E-state index contributed by atoms with van der Waals surface area (Å²) < 4.78 is 17.4. The quantitative estimate of drug-likeness (QED) is 0.0823. The summed E-state index contributed by atoms with van der Waals surface area (Å²) in [6.07, 6.45) is 2.24. The van der Waals surface area contributed by atoms with Crippen LogP contribution in [0, 0.1) is 0 Å². The fourth-order valence-electron chi connectivity index (χ4n) is 4.82. The van der Waals surface area contributed by atoms with Gasteiger partial charge in [-0.2, -0.15) is 0 Å². The van der Waals surface area contributed by atoms with E-state index in [2.05, 4.69) is 21.9 Å². The number of hydrogen-bond acceptors (Lipinski definition) is 7. The zero-order chi connectivity index (χ0) is 29.8. The van der Waals surface area contributed by atoms with E-state index in [0.29, 0.717) is 48.8 Å². The number of ether oxygens (including phenoxy) is 3. The van der Waals surface area contributed by atoms with Gasteiger partial charge in [0.25, 0.3) is 5.91 Å². The summed E-state index contributed by atoms with van der Waals surface area (Å²) in [6.45, 7) is 4.87. The first-order chi connectivity index (χ1) is 20.5. The van der Waals surface area contributed by atoms with Gasteiger partial charge in [-0.25, -0.2) is 4.99 Å². The molecule has 0 saturated carbocycles. The van der Waals surface area contributed by atoms with E-state index in [1.807, 2.05) is 60.7 Å². The molecule has 3 aromatic rings. The molecule has 0 saturated heterocycles. The molecule has 10 nitrogen and oxygen atoms in total. The van der Waals surface area contributed by atoms with Crippen molar-refractivity contribution in [2.45, 2.75) is 37.5 Å². The number of carbonyl (C=O) groups is 1. The molecule has 0 radical (unpaired) electrons. The average molecular weight is 570 g/mol. The van der Waals surface area contributed by atoms with Crippen LogP contribution >= 0.6 is 0 Å². The molecule has 0 spiro atoms. The SMILES string of the molecule is C=CC[C@@]1(C(=O)NCCc2ccc(OC)cc2)N=C(c2ccc(OCCCO)cc2)O[C@@H]1c1ccccc1CN=[N+]=[N-]. The Balaban J connectivity index is 1.65. The van der Waals surface area contributed by atoms with Gasteiger partial charge < -0.3 is 24.6 Å². The van der Waals surface area contributed by atoms with E-state index in [9.17, 15) is 4.79 Å². The number of azide groups is 1. The summed E-state index contributed by atoms with van der Waals surface area (Å²) >= 11 is 0. The van der Waals surface area contributed by atoms with Gasteiger partial charge in [0.15, 0.2) is 11.6 Å². The van der Waals surface area contributed by atoms with E-state index in [-0.39, 0.29) is 25.5 Å². The molecule has 1 amide bonds. The van der Waals surface area contributed by atoms with Crippen molar-refractivity contribution in [2.75, 3.05) is 26.9 Å². The van der Waals surface area contributed by atoms with Crippen LogP contribution in [0.15, 0.2) is 95.6 Å². The van der Waals surface area contributed by atoms with Gasteiger partial charge in [0.1, 0.15) is 11.5 Å². The third-order valence-electron chi connectivity index (χ3n) is 6.99. The molecule has 0 aromatic heterocycles. The van der Waals surface area contributed by atoms with E-state index >= 15 is 0 Å². The summed E-state index contributed by atoms with van der Waals surface area (Å²) in [5.41, 5.74) is 10.8. The van der Waals surface area contributed by atoms with Gasteiger partial charge in [0.05, 0.1) is 20.3 Å². The molecule has 2 atom stereocenters. The highest BCUT2D eigenvalue weighted by molar-refractivity contribution is 6.01. The van der Waals surface area contributed by atoms with Crippen molar-refractivity contribution < 1.29 is 24.1 Å². The zero-order valence-electron chi connectivity index (χ0n) is 23.6. The lowest BCUT2D eigenvalue weighted by Crippen LogP contribution is -2.48. The zero-order valence-corrected chi connectivity index (χ0v) is 23.6. The Kier molecular flexibility index (Phi) is 10.6. The number of aliphatic imine (C=N–C) groups is 1. The van der Waals surface area contributed by atoms with Crippen LogP contribution in [0.4, 0.5) is 0 Å². The van der Waals surface area contributed by atoms with E-state index in [0.717, 1.165) is 16.9 Å². The van der Waals surface area contributed by atoms with Gasteiger partial charge in [-0.1, -0.05) is 47.6 Å². The molecule has 0 aliphatic carbocycles. The predicted octanol–water partition coefficient (Wildman–Crippen LogP) is 5.46. The first kappa shape index (κ1) is 30.2. The van der Waals surface area contributed by atoms with Crippen LogP contribution < -0.4 is 14.8 Å². The Bertz CT molecular complexity index is 1430. The van der Waals surface area contributed by atoms with Crippen LogP contribution in [0.25, 0.3) is 10.4 Å². The molecule has 1 aliphatic rings. The van der Waals surface area contributed by atoms with E-state index in [4.69, 9.17) is 29.8 Å². The fraction of sp³-hybridized carbons (Fsp3) is 0.312. The van der Waals surface area contributed by atoms with Crippen molar-refractivity contribution in [3.05, 3.63) is 118 Å². The summed E-state index contributed by atoms with van der Waals surface area (Å²) in [5, 5.41) is 15.8. The second-order valence-electron chi connectivity index (χ2n) is 9.72. The third kappa shape index (κ3) is 7.09. The first-order valence-corrected chi connectivity index (χ1v) is 13.8. The molecule has 42 heavy (non-hydrogen) atoms. The highest BCUT2D eigenvalue weighted by atomic mass is 16.5. The smallest absolute Gasteiger partial charge is 0.252 e. The minimum Gasteiger partial charge on any atom is -0.497 e. The maximum atomic E-state index is 14.0. The third-order valence-corrected chi connectivity index (χ3v) is 6.99. The van der Waals surface area contributed by atoms with Crippen molar-refractivity contribution in [1.82, 2.24) is 5.32 Å². The molecule has 218 valence electrons. The number of aliphatic hydroxyl groups excluding tert-OH is 1. The maximum Gasteiger partial charge on any atom is 0.252 e. The van der Waals surface area contributed by atoms with Crippen LogP contribution in [0.2, 0.25) is 0 Å². The van der Waals surface area contributed by atoms with Crippen molar-refractivity contribution >= 4 is 11.8 Å². The lowest BCUT2D eigenvalue weighted by Gasteiger charge is -2.30. The monoisotopic (exact) mass is 569 g/mol. The van der Waals surface area contributed by atoms with Crippen molar-refractivity contribution in [3.63, 3.8) is 0 Å². The van der Waals surface area contributed by atoms with Gasteiger partial charge >= 0.3 is 0 Å². The standard InChI is InChI=1S/C32H35N5O5/c1-3-18-32(31(39)34-19-17-23-9-13-26(40-2)14-10-23)29(28-8-5-4-7-25(28)22-35-37-33)42-30(36-32)24-11-15-27(16-12-24)41-21-6-20-38/h3-5,7-16,29,38H,1,6,17-22H2,2H3,(H,34,39)/t29-,32-/m1/s1. The lowest BCUT2D eigenvalue weighted by atomic mass is 9.82. The van der Waals surface area contributed by atoms with Crippen LogP contribution in [-0.4, -0.2) is 49.3 Å². The number of methoxy groups -OCH3 is 1. The number of amides is 1. The topological polar surface area (TPSA) is 138 Å². The highest BCUT2D eigenvalue weighted by Gasteiger charge is 2.52. The second kappa shape index (κ2) is 14.7. The Hall–Kier alpha value is -4.79. The Morgan fingerprint density at radius 1 is 1.17 bits per heavy atom. The average Bonchev–Trinajstić information content (AvgIpc) is 3.41. The molecule has 2 N–H and O–H groups in total. The normalized spacial score (nSPS) is 17.4. The molecule has 10 heteroatoms. The van der Waals surface area contributed by atoms with Crippen molar-refractivity contribution in [2.24, 2.45) is 10.1 Å². The molecule has 0 bridgehead atoms. The second-order valence-corrected chi connectivity index (χ2v) is 9.72. The number of benzene rings is 3. The van der Waals surface area contributed by atoms with Gasteiger partial charge in [-0.15, -0.1) is 6.58 Å². The van der Waals surface area contributed by atoms with Crippen LogP contribution in [0.3, 0.4) is 0 Å².